The van der Waals surface area contributed by atoms with Crippen LogP contribution in [0.2, 0.25) is 0 Å². The highest BCUT2D eigenvalue weighted by Gasteiger charge is 2.19. The maximum atomic E-state index is 15.0. The second-order valence-corrected chi connectivity index (χ2v) is 9.07. The quantitative estimate of drug-likeness (QED) is 0.331. The maximum absolute atomic E-state index is 15.0. The van der Waals surface area contributed by atoms with Gasteiger partial charge in [0, 0.05) is 50.5 Å². The van der Waals surface area contributed by atoms with E-state index in [0.29, 0.717) is 17.2 Å². The fraction of sp³-hybridized carbons (Fsp3) is 0.360. The van der Waals surface area contributed by atoms with Gasteiger partial charge in [0.2, 0.25) is 5.95 Å². The summed E-state index contributed by atoms with van der Waals surface area (Å²) in [7, 11) is 0. The summed E-state index contributed by atoms with van der Waals surface area (Å²) in [6.07, 6.45) is 2.84. The Labute approximate surface area is 219 Å². The van der Waals surface area contributed by atoms with Crippen molar-refractivity contribution in [3.8, 4) is 11.3 Å². The molecule has 196 valence electrons. The van der Waals surface area contributed by atoms with Crippen molar-refractivity contribution in [2.24, 2.45) is 0 Å². The zero-order chi connectivity index (χ0) is 25.2. The number of pyridine rings is 1. The Bertz CT molecular complexity index is 1370. The van der Waals surface area contributed by atoms with Gasteiger partial charge < -0.3 is 20.3 Å². The zero-order valence-corrected chi connectivity index (χ0v) is 21.4. The standard InChI is InChI=1S/C25H28F2N8O.ClH/c1-15(2)35-20-10-17(9-18(26)24(20)32-22(35)14-36)23-19(27)12-30-25(33-23)31-21-4-3-16(11-29-21)13-34-7-5-28-6-8-34;/h3-4,9-12,15,28,36H,5-8,13-14H2,1-2H3,(H,29,30,31,33);1H. The molecule has 12 heteroatoms. The Morgan fingerprint density at radius 1 is 1.05 bits per heavy atom. The predicted molar refractivity (Wildman–Crippen MR) is 140 cm³/mol. The van der Waals surface area contributed by atoms with Crippen molar-refractivity contribution in [3.63, 3.8) is 0 Å². The van der Waals surface area contributed by atoms with E-state index in [1.54, 1.807) is 16.8 Å². The van der Waals surface area contributed by atoms with Crippen LogP contribution in [0.15, 0.2) is 36.7 Å². The van der Waals surface area contributed by atoms with Crippen LogP contribution < -0.4 is 10.6 Å². The number of hydrogen-bond donors (Lipinski definition) is 3. The molecule has 3 N–H and O–H groups in total. The predicted octanol–water partition coefficient (Wildman–Crippen LogP) is 3.81. The molecule has 1 saturated heterocycles. The van der Waals surface area contributed by atoms with Crippen molar-refractivity contribution in [3.05, 3.63) is 59.7 Å². The lowest BCUT2D eigenvalue weighted by Gasteiger charge is -2.27. The van der Waals surface area contributed by atoms with E-state index >= 15 is 0 Å². The van der Waals surface area contributed by atoms with E-state index in [1.807, 2.05) is 26.0 Å². The van der Waals surface area contributed by atoms with Crippen molar-refractivity contribution >= 4 is 35.2 Å². The van der Waals surface area contributed by atoms with Crippen LogP contribution in [0, 0.1) is 11.6 Å². The molecular formula is C25H29ClF2N8O. The molecule has 1 aliphatic heterocycles. The number of fused-ring (bicyclic) bond motifs is 1. The molecule has 1 aromatic carbocycles. The van der Waals surface area contributed by atoms with Gasteiger partial charge in [0.05, 0.1) is 11.7 Å². The third-order valence-corrected chi connectivity index (χ3v) is 6.18. The van der Waals surface area contributed by atoms with Crippen LogP contribution in [0.5, 0.6) is 0 Å². The van der Waals surface area contributed by atoms with Gasteiger partial charge in [-0.15, -0.1) is 12.4 Å². The molecule has 3 aromatic heterocycles. The van der Waals surface area contributed by atoms with Gasteiger partial charge in [-0.3, -0.25) is 4.90 Å². The third kappa shape index (κ3) is 5.69. The van der Waals surface area contributed by atoms with E-state index in [2.05, 4.69) is 35.5 Å². The van der Waals surface area contributed by atoms with Crippen molar-refractivity contribution in [2.45, 2.75) is 33.0 Å². The lowest BCUT2D eigenvalue weighted by atomic mass is 10.1. The molecule has 4 aromatic rings. The number of hydrogen-bond acceptors (Lipinski definition) is 8. The summed E-state index contributed by atoms with van der Waals surface area (Å²) in [4.78, 5) is 19.3. The highest BCUT2D eigenvalue weighted by Crippen LogP contribution is 2.30. The number of aliphatic hydroxyl groups is 1. The first-order chi connectivity index (χ1) is 17.4. The van der Waals surface area contributed by atoms with Gasteiger partial charge >= 0.3 is 0 Å². The van der Waals surface area contributed by atoms with E-state index < -0.39 is 11.6 Å². The first kappa shape index (κ1) is 26.8. The van der Waals surface area contributed by atoms with Crippen LogP contribution in [-0.4, -0.2) is 60.7 Å². The molecule has 0 amide bonds. The molecule has 1 fully saturated rings. The molecule has 0 bridgehead atoms. The summed E-state index contributed by atoms with van der Waals surface area (Å²) in [5.41, 5.74) is 1.86. The second-order valence-electron chi connectivity index (χ2n) is 9.07. The molecule has 0 atom stereocenters. The highest BCUT2D eigenvalue weighted by molar-refractivity contribution is 5.85. The summed E-state index contributed by atoms with van der Waals surface area (Å²) in [6.45, 7) is 8.26. The Morgan fingerprint density at radius 2 is 1.84 bits per heavy atom. The van der Waals surface area contributed by atoms with Gasteiger partial charge in [0.25, 0.3) is 0 Å². The second kappa shape index (κ2) is 11.4. The number of nitrogens with zero attached hydrogens (tertiary/aromatic N) is 6. The minimum absolute atomic E-state index is 0. The number of piperazine rings is 1. The topological polar surface area (TPSA) is 104 Å². The average molecular weight is 531 g/mol. The van der Waals surface area contributed by atoms with Crippen molar-refractivity contribution in [1.82, 2.24) is 34.7 Å². The first-order valence-electron chi connectivity index (χ1n) is 11.9. The maximum Gasteiger partial charge on any atom is 0.229 e. The van der Waals surface area contributed by atoms with Gasteiger partial charge in [-0.25, -0.2) is 28.7 Å². The monoisotopic (exact) mass is 530 g/mol. The zero-order valence-electron chi connectivity index (χ0n) is 20.6. The number of anilines is 2. The Balaban J connectivity index is 0.00000320. The number of rotatable bonds is 7. The summed E-state index contributed by atoms with van der Waals surface area (Å²) >= 11 is 0. The van der Waals surface area contributed by atoms with Gasteiger partial charge in [-0.2, -0.15) is 0 Å². The molecule has 0 radical (unpaired) electrons. The molecule has 4 heterocycles. The average Bonchev–Trinajstić information content (AvgIpc) is 3.27. The minimum Gasteiger partial charge on any atom is -0.388 e. The normalized spacial score (nSPS) is 14.2. The number of nitrogens with one attached hydrogen (secondary N) is 2. The number of aromatic nitrogens is 5. The van der Waals surface area contributed by atoms with E-state index in [0.717, 1.165) is 44.5 Å². The lowest BCUT2D eigenvalue weighted by Crippen LogP contribution is -2.42. The molecule has 5 rings (SSSR count). The Kier molecular flexibility index (Phi) is 8.28. The molecule has 9 nitrogen and oxygen atoms in total. The van der Waals surface area contributed by atoms with Crippen LogP contribution in [-0.2, 0) is 13.2 Å². The number of halogens is 3. The van der Waals surface area contributed by atoms with Crippen LogP contribution in [0.3, 0.4) is 0 Å². The molecule has 1 aliphatic rings. The summed E-state index contributed by atoms with van der Waals surface area (Å²) in [5.74, 6) is -0.304. The van der Waals surface area contributed by atoms with Gasteiger partial charge in [-0.05, 0) is 37.6 Å². The minimum atomic E-state index is -0.684. The fourth-order valence-electron chi connectivity index (χ4n) is 4.49. The number of benzene rings is 1. The van der Waals surface area contributed by atoms with Crippen molar-refractivity contribution in [1.29, 1.82) is 0 Å². The Morgan fingerprint density at radius 3 is 2.51 bits per heavy atom. The van der Waals surface area contributed by atoms with Gasteiger partial charge in [-0.1, -0.05) is 6.07 Å². The highest BCUT2D eigenvalue weighted by atomic mass is 35.5. The molecule has 0 aliphatic carbocycles. The summed E-state index contributed by atoms with van der Waals surface area (Å²) in [5, 5.41) is 16.0. The number of imidazole rings is 1. The first-order valence-corrected chi connectivity index (χ1v) is 11.9. The van der Waals surface area contributed by atoms with E-state index in [1.165, 1.54) is 6.07 Å². The summed E-state index contributed by atoms with van der Waals surface area (Å²) < 4.78 is 31.5. The largest absolute Gasteiger partial charge is 0.388 e. The molecule has 0 saturated carbocycles. The van der Waals surface area contributed by atoms with Crippen LogP contribution in [0.1, 0.15) is 31.3 Å². The van der Waals surface area contributed by atoms with Crippen LogP contribution in [0.4, 0.5) is 20.5 Å². The summed E-state index contributed by atoms with van der Waals surface area (Å²) in [6, 6.07) is 6.55. The Hall–Kier alpha value is -3.25. The molecule has 0 spiro atoms. The van der Waals surface area contributed by atoms with Gasteiger partial charge in [0.1, 0.15) is 29.5 Å². The SMILES string of the molecule is CC(C)n1c(CO)nc2c(F)cc(-c3nc(Nc4ccc(CN5CCNCC5)cn4)ncc3F)cc21.Cl. The van der Waals surface area contributed by atoms with E-state index in [4.69, 9.17) is 0 Å². The smallest absolute Gasteiger partial charge is 0.229 e. The molecular weight excluding hydrogens is 502 g/mol. The molecule has 0 unspecified atom stereocenters. The lowest BCUT2D eigenvalue weighted by molar-refractivity contribution is 0.233. The van der Waals surface area contributed by atoms with Crippen LogP contribution in [0.25, 0.3) is 22.3 Å². The van der Waals surface area contributed by atoms with E-state index in [9.17, 15) is 13.9 Å². The van der Waals surface area contributed by atoms with E-state index in [-0.39, 0.29) is 47.8 Å². The fourth-order valence-corrected chi connectivity index (χ4v) is 4.49. The van der Waals surface area contributed by atoms with Crippen molar-refractivity contribution in [2.75, 3.05) is 31.5 Å². The number of aliphatic hydroxyl groups excluding tert-OH is 1. The van der Waals surface area contributed by atoms with Crippen LogP contribution >= 0.6 is 12.4 Å². The third-order valence-electron chi connectivity index (χ3n) is 6.18. The molecule has 37 heavy (non-hydrogen) atoms. The van der Waals surface area contributed by atoms with Crippen molar-refractivity contribution < 1.29 is 13.9 Å². The van der Waals surface area contributed by atoms with Gasteiger partial charge in [0.15, 0.2) is 11.6 Å².